The Morgan fingerprint density at radius 2 is 2.00 bits per heavy atom. The molecule has 1 aromatic rings. The van der Waals surface area contributed by atoms with Gasteiger partial charge in [0.2, 0.25) is 0 Å². The van der Waals surface area contributed by atoms with Crippen molar-refractivity contribution in [3.63, 3.8) is 0 Å². The second-order valence-corrected chi connectivity index (χ2v) is 7.76. The highest BCUT2D eigenvalue weighted by atomic mass is 35.5. The molecule has 1 saturated heterocycles. The summed E-state index contributed by atoms with van der Waals surface area (Å²) in [6, 6.07) is 0. The maximum atomic E-state index is 4.60. The van der Waals surface area contributed by atoms with Crippen molar-refractivity contribution in [2.75, 3.05) is 26.7 Å². The van der Waals surface area contributed by atoms with Crippen LogP contribution in [0.15, 0.2) is 6.20 Å². The Morgan fingerprint density at radius 1 is 1.35 bits per heavy atom. The van der Waals surface area contributed by atoms with Crippen LogP contribution in [0, 0.1) is 5.92 Å². The minimum Gasteiger partial charge on any atom is -0.319 e. The highest BCUT2D eigenvalue weighted by molar-refractivity contribution is 7.11. The van der Waals surface area contributed by atoms with Gasteiger partial charge in [0.05, 0.1) is 6.54 Å². The minimum absolute atomic E-state index is 0. The van der Waals surface area contributed by atoms with Gasteiger partial charge < -0.3 is 5.32 Å². The Balaban J connectivity index is 0.00000200. The predicted octanol–water partition coefficient (Wildman–Crippen LogP) is 3.29. The quantitative estimate of drug-likeness (QED) is 0.923. The molecule has 0 spiro atoms. The van der Waals surface area contributed by atoms with E-state index < -0.39 is 0 Å². The monoisotopic (exact) mass is 317 g/mol. The molecule has 0 radical (unpaired) electrons. The highest BCUT2D eigenvalue weighted by Crippen LogP contribution is 2.28. The fraction of sp³-hybridized carbons (Fsp3) is 0.800. The molecule has 2 rings (SSSR count). The molecule has 0 atom stereocenters. The number of hydrogen-bond acceptors (Lipinski definition) is 4. The summed E-state index contributed by atoms with van der Waals surface area (Å²) in [5, 5.41) is 4.57. The maximum Gasteiger partial charge on any atom is 0.107 e. The summed E-state index contributed by atoms with van der Waals surface area (Å²) in [5.41, 5.74) is 0.232. The van der Waals surface area contributed by atoms with Crippen LogP contribution in [0.25, 0.3) is 0 Å². The molecule has 3 nitrogen and oxygen atoms in total. The number of halogens is 1. The lowest BCUT2D eigenvalue weighted by atomic mass is 9.96. The van der Waals surface area contributed by atoms with Crippen LogP contribution in [0.3, 0.4) is 0 Å². The third-order valence-corrected chi connectivity index (χ3v) is 5.26. The van der Waals surface area contributed by atoms with Gasteiger partial charge >= 0.3 is 0 Å². The average molecular weight is 318 g/mol. The number of aromatic nitrogens is 1. The zero-order chi connectivity index (χ0) is 13.9. The van der Waals surface area contributed by atoms with E-state index in [1.165, 1.54) is 42.4 Å². The van der Waals surface area contributed by atoms with E-state index in [2.05, 4.69) is 49.2 Å². The summed E-state index contributed by atoms with van der Waals surface area (Å²) in [6.07, 6.45) is 4.70. The average Bonchev–Trinajstić information content (AvgIpc) is 2.80. The number of thiazole rings is 1. The summed E-state index contributed by atoms with van der Waals surface area (Å²) < 4.78 is 0. The SMILES string of the molecule is CNCC1CCN(Cc2ncc(C(C)(C)C)s2)CC1.Cl. The van der Waals surface area contributed by atoms with E-state index >= 15 is 0 Å². The summed E-state index contributed by atoms with van der Waals surface area (Å²) >= 11 is 1.88. The minimum atomic E-state index is 0. The van der Waals surface area contributed by atoms with Crippen molar-refractivity contribution in [1.82, 2.24) is 15.2 Å². The van der Waals surface area contributed by atoms with E-state index in [0.717, 1.165) is 12.5 Å². The normalized spacial score (nSPS) is 18.0. The third-order valence-electron chi connectivity index (χ3n) is 3.85. The van der Waals surface area contributed by atoms with Crippen molar-refractivity contribution in [1.29, 1.82) is 0 Å². The van der Waals surface area contributed by atoms with Crippen LogP contribution < -0.4 is 5.32 Å². The molecule has 1 fully saturated rings. The summed E-state index contributed by atoms with van der Waals surface area (Å²) in [7, 11) is 2.05. The molecule has 0 aromatic carbocycles. The first-order chi connectivity index (χ1) is 8.99. The second-order valence-electron chi connectivity index (χ2n) is 6.65. The maximum absolute atomic E-state index is 4.60. The van der Waals surface area contributed by atoms with Gasteiger partial charge in [0.1, 0.15) is 5.01 Å². The van der Waals surface area contributed by atoms with Gasteiger partial charge in [-0.1, -0.05) is 20.8 Å². The summed E-state index contributed by atoms with van der Waals surface area (Å²) in [5.74, 6) is 0.864. The van der Waals surface area contributed by atoms with Crippen LogP contribution in [0.1, 0.15) is 43.5 Å². The van der Waals surface area contributed by atoms with Crippen molar-refractivity contribution < 1.29 is 0 Å². The zero-order valence-electron chi connectivity index (χ0n) is 13.1. The molecule has 1 aliphatic rings. The van der Waals surface area contributed by atoms with Gasteiger partial charge in [-0.3, -0.25) is 4.90 Å². The van der Waals surface area contributed by atoms with Crippen molar-refractivity contribution in [3.8, 4) is 0 Å². The molecule has 20 heavy (non-hydrogen) atoms. The van der Waals surface area contributed by atoms with Crippen molar-refractivity contribution >= 4 is 23.7 Å². The van der Waals surface area contributed by atoms with E-state index in [0.29, 0.717) is 0 Å². The first-order valence-corrected chi connectivity index (χ1v) is 8.13. The van der Waals surface area contributed by atoms with Crippen molar-refractivity contribution in [2.45, 2.75) is 45.6 Å². The zero-order valence-corrected chi connectivity index (χ0v) is 14.7. The van der Waals surface area contributed by atoms with Crippen molar-refractivity contribution in [2.24, 2.45) is 5.92 Å². The lowest BCUT2D eigenvalue weighted by Crippen LogP contribution is -2.36. The lowest BCUT2D eigenvalue weighted by Gasteiger charge is -2.31. The Morgan fingerprint density at radius 3 is 2.50 bits per heavy atom. The van der Waals surface area contributed by atoms with Gasteiger partial charge in [0.15, 0.2) is 0 Å². The van der Waals surface area contributed by atoms with E-state index in [4.69, 9.17) is 0 Å². The molecular formula is C15H28ClN3S. The molecule has 1 N–H and O–H groups in total. The van der Waals surface area contributed by atoms with Crippen molar-refractivity contribution in [3.05, 3.63) is 16.1 Å². The molecule has 5 heteroatoms. The molecule has 2 heterocycles. The molecule has 1 aromatic heterocycles. The smallest absolute Gasteiger partial charge is 0.107 e. The van der Waals surface area contributed by atoms with Crippen LogP contribution in [-0.2, 0) is 12.0 Å². The Labute approximate surface area is 133 Å². The van der Waals surface area contributed by atoms with Crippen LogP contribution in [0.2, 0.25) is 0 Å². The molecule has 1 aliphatic heterocycles. The number of piperidine rings is 1. The van der Waals surface area contributed by atoms with Gasteiger partial charge in [-0.15, -0.1) is 23.7 Å². The van der Waals surface area contributed by atoms with Gasteiger partial charge in [-0.25, -0.2) is 4.98 Å². The van der Waals surface area contributed by atoms with Gasteiger partial charge in [0.25, 0.3) is 0 Å². The van der Waals surface area contributed by atoms with Gasteiger partial charge in [-0.05, 0) is 50.9 Å². The Bertz CT molecular complexity index is 392. The molecule has 0 amide bonds. The summed E-state index contributed by atoms with van der Waals surface area (Å²) in [4.78, 5) is 8.55. The van der Waals surface area contributed by atoms with Gasteiger partial charge in [0, 0.05) is 11.1 Å². The first-order valence-electron chi connectivity index (χ1n) is 7.31. The number of nitrogens with one attached hydrogen (secondary N) is 1. The standard InChI is InChI=1S/C15H27N3S.ClH/c1-15(2,3)13-10-17-14(19-13)11-18-7-5-12(6-8-18)9-16-4;/h10,12,16H,5-9,11H2,1-4H3;1H. The molecule has 116 valence electrons. The van der Waals surface area contributed by atoms with Crippen LogP contribution in [0.5, 0.6) is 0 Å². The Kier molecular flexibility index (Phi) is 6.92. The van der Waals surface area contributed by atoms with E-state index in [9.17, 15) is 0 Å². The first kappa shape index (κ1) is 17.9. The molecular weight excluding hydrogens is 290 g/mol. The fourth-order valence-electron chi connectivity index (χ4n) is 2.56. The second kappa shape index (κ2) is 7.74. The predicted molar refractivity (Wildman–Crippen MR) is 90.0 cm³/mol. The highest BCUT2D eigenvalue weighted by Gasteiger charge is 2.21. The van der Waals surface area contributed by atoms with Gasteiger partial charge in [-0.2, -0.15) is 0 Å². The number of likely N-dealkylation sites (tertiary alicyclic amines) is 1. The number of nitrogens with zero attached hydrogens (tertiary/aromatic N) is 2. The molecule has 0 aliphatic carbocycles. The third kappa shape index (κ3) is 4.99. The topological polar surface area (TPSA) is 28.2 Å². The van der Waals surface area contributed by atoms with E-state index in [1.807, 2.05) is 11.3 Å². The van der Waals surface area contributed by atoms with E-state index in [-0.39, 0.29) is 17.8 Å². The van der Waals surface area contributed by atoms with Crippen LogP contribution >= 0.6 is 23.7 Å². The number of hydrogen-bond donors (Lipinski definition) is 1. The van der Waals surface area contributed by atoms with E-state index in [1.54, 1.807) is 0 Å². The van der Waals surface area contributed by atoms with Crippen LogP contribution in [0.4, 0.5) is 0 Å². The lowest BCUT2D eigenvalue weighted by molar-refractivity contribution is 0.176. The molecule has 0 unspecified atom stereocenters. The fourth-order valence-corrected chi connectivity index (χ4v) is 3.58. The molecule has 0 bridgehead atoms. The Hall–Kier alpha value is -0.160. The largest absolute Gasteiger partial charge is 0.319 e. The summed E-state index contributed by atoms with van der Waals surface area (Å²) in [6.45, 7) is 11.4. The number of rotatable bonds is 4. The van der Waals surface area contributed by atoms with Crippen LogP contribution in [-0.4, -0.2) is 36.6 Å². The molecule has 0 saturated carbocycles.